The number of anilines is 1. The van der Waals surface area contributed by atoms with Gasteiger partial charge in [-0.2, -0.15) is 0 Å². The molecule has 28 heavy (non-hydrogen) atoms. The number of hydrogen-bond acceptors (Lipinski definition) is 3. The Morgan fingerprint density at radius 3 is 2.54 bits per heavy atom. The largest absolute Gasteiger partial charge is 0.459 e. The first-order valence-corrected chi connectivity index (χ1v) is 10.1. The summed E-state index contributed by atoms with van der Waals surface area (Å²) >= 11 is 0. The Balaban J connectivity index is 1.71. The first kappa shape index (κ1) is 17.3. The fourth-order valence-corrected chi connectivity index (χ4v) is 4.76. The number of ether oxygens (including phenoxy) is 1. The first-order chi connectivity index (χ1) is 13.4. The molecule has 1 atom stereocenters. The van der Waals surface area contributed by atoms with E-state index in [4.69, 9.17) is 9.73 Å². The van der Waals surface area contributed by atoms with E-state index in [-0.39, 0.29) is 5.41 Å². The Kier molecular flexibility index (Phi) is 3.61. The van der Waals surface area contributed by atoms with E-state index in [1.165, 1.54) is 16.6 Å². The van der Waals surface area contributed by atoms with Crippen molar-refractivity contribution >= 4 is 28.4 Å². The summed E-state index contributed by atoms with van der Waals surface area (Å²) in [6, 6.07) is 21.2. The molecule has 142 valence electrons. The van der Waals surface area contributed by atoms with E-state index in [2.05, 4.69) is 93.3 Å². The zero-order valence-electron chi connectivity index (χ0n) is 16.9. The molecule has 2 aliphatic rings. The van der Waals surface area contributed by atoms with Crippen LogP contribution in [0.15, 0.2) is 65.7 Å². The summed E-state index contributed by atoms with van der Waals surface area (Å²) in [5.74, 6) is 1.37. The third-order valence-corrected chi connectivity index (χ3v) is 6.21. The second-order valence-electron chi connectivity index (χ2n) is 8.84. The average Bonchev–Trinajstić information content (AvgIpc) is 2.86. The standard InChI is InChI=1S/C25H26N2O/c1-17(2)15-27-21-12-8-7-11-20(21)24(3,4)25(27)16-26-23-19-10-6-5-9-18(19)13-14-22(23)28-25/h5-14,16-17H,15H2,1-4H3/t25-/m0/s1. The summed E-state index contributed by atoms with van der Waals surface area (Å²) in [6.45, 7) is 9.95. The zero-order valence-corrected chi connectivity index (χ0v) is 16.9. The topological polar surface area (TPSA) is 24.8 Å². The van der Waals surface area contributed by atoms with Crippen molar-refractivity contribution < 1.29 is 4.74 Å². The fraction of sp³-hybridized carbons (Fsp3) is 0.320. The predicted octanol–water partition coefficient (Wildman–Crippen LogP) is 6.08. The van der Waals surface area contributed by atoms with Crippen molar-refractivity contribution in [2.24, 2.45) is 10.9 Å². The maximum absolute atomic E-state index is 6.88. The molecule has 0 unspecified atom stereocenters. The van der Waals surface area contributed by atoms with Gasteiger partial charge in [-0.05, 0) is 42.8 Å². The molecule has 0 bridgehead atoms. The Morgan fingerprint density at radius 1 is 0.964 bits per heavy atom. The van der Waals surface area contributed by atoms with E-state index in [0.717, 1.165) is 23.4 Å². The van der Waals surface area contributed by atoms with E-state index in [1.807, 2.05) is 6.21 Å². The number of hydrogen-bond donors (Lipinski definition) is 0. The summed E-state index contributed by atoms with van der Waals surface area (Å²) in [7, 11) is 0. The Hall–Kier alpha value is -2.81. The lowest BCUT2D eigenvalue weighted by atomic mass is 9.77. The van der Waals surface area contributed by atoms with E-state index in [9.17, 15) is 0 Å². The molecule has 0 aliphatic carbocycles. The van der Waals surface area contributed by atoms with Gasteiger partial charge in [0.15, 0.2) is 0 Å². The molecule has 5 rings (SSSR count). The predicted molar refractivity (Wildman–Crippen MR) is 117 cm³/mol. The van der Waals surface area contributed by atoms with Gasteiger partial charge in [-0.15, -0.1) is 0 Å². The van der Waals surface area contributed by atoms with Crippen LogP contribution in [0.1, 0.15) is 33.3 Å². The highest BCUT2D eigenvalue weighted by Gasteiger charge is 2.59. The number of para-hydroxylation sites is 1. The zero-order chi connectivity index (χ0) is 19.5. The number of fused-ring (bicyclic) bond motifs is 4. The monoisotopic (exact) mass is 370 g/mol. The highest BCUT2D eigenvalue weighted by Crippen LogP contribution is 2.54. The van der Waals surface area contributed by atoms with Crippen molar-refractivity contribution in [1.29, 1.82) is 0 Å². The average molecular weight is 370 g/mol. The van der Waals surface area contributed by atoms with Gasteiger partial charge in [0.1, 0.15) is 11.4 Å². The van der Waals surface area contributed by atoms with Crippen molar-refractivity contribution in [1.82, 2.24) is 0 Å². The lowest BCUT2D eigenvalue weighted by Crippen LogP contribution is -2.62. The number of rotatable bonds is 2. The molecule has 0 N–H and O–H groups in total. The molecule has 3 nitrogen and oxygen atoms in total. The number of benzene rings is 3. The lowest BCUT2D eigenvalue weighted by Gasteiger charge is -2.46. The molecule has 2 heterocycles. The van der Waals surface area contributed by atoms with Crippen LogP contribution in [0.25, 0.3) is 10.8 Å². The molecule has 3 aromatic carbocycles. The van der Waals surface area contributed by atoms with E-state index >= 15 is 0 Å². The Bertz CT molecular complexity index is 1100. The van der Waals surface area contributed by atoms with Crippen molar-refractivity contribution in [3.8, 4) is 5.75 Å². The molecule has 0 radical (unpaired) electrons. The van der Waals surface area contributed by atoms with Gasteiger partial charge in [0.05, 0.1) is 11.6 Å². The van der Waals surface area contributed by atoms with Crippen LogP contribution < -0.4 is 9.64 Å². The van der Waals surface area contributed by atoms with Gasteiger partial charge in [-0.1, -0.05) is 62.4 Å². The number of aliphatic imine (C=N–C) groups is 1. The fourth-order valence-electron chi connectivity index (χ4n) is 4.76. The SMILES string of the molecule is CC(C)CN1c2ccccc2C(C)(C)[C@@]12C=Nc1c(ccc3ccccc13)O2. The Labute approximate surface area is 166 Å². The summed E-state index contributed by atoms with van der Waals surface area (Å²) in [4.78, 5) is 7.41. The highest BCUT2D eigenvalue weighted by atomic mass is 16.5. The minimum atomic E-state index is -0.629. The molecular weight excluding hydrogens is 344 g/mol. The van der Waals surface area contributed by atoms with Crippen molar-refractivity contribution in [3.05, 3.63) is 66.2 Å². The summed E-state index contributed by atoms with van der Waals surface area (Å²) in [6.07, 6.45) is 2.05. The van der Waals surface area contributed by atoms with Crippen molar-refractivity contribution in [3.63, 3.8) is 0 Å². The van der Waals surface area contributed by atoms with Crippen LogP contribution in [0.5, 0.6) is 5.75 Å². The molecule has 0 saturated heterocycles. The molecule has 0 aromatic heterocycles. The normalized spacial score (nSPS) is 21.8. The van der Waals surface area contributed by atoms with E-state index in [1.54, 1.807) is 0 Å². The second kappa shape index (κ2) is 5.84. The summed E-state index contributed by atoms with van der Waals surface area (Å²) in [5, 5.41) is 2.32. The molecule has 3 heteroatoms. The molecule has 3 aromatic rings. The highest BCUT2D eigenvalue weighted by molar-refractivity contribution is 5.99. The van der Waals surface area contributed by atoms with Crippen LogP contribution in [0, 0.1) is 5.92 Å². The van der Waals surface area contributed by atoms with Gasteiger partial charge in [0.2, 0.25) is 5.72 Å². The van der Waals surface area contributed by atoms with Gasteiger partial charge in [-0.3, -0.25) is 4.99 Å². The van der Waals surface area contributed by atoms with Gasteiger partial charge in [0.25, 0.3) is 0 Å². The molecule has 1 spiro atoms. The molecule has 0 amide bonds. The van der Waals surface area contributed by atoms with Crippen LogP contribution in [0.3, 0.4) is 0 Å². The van der Waals surface area contributed by atoms with Gasteiger partial charge in [-0.25, -0.2) is 0 Å². The van der Waals surface area contributed by atoms with Gasteiger partial charge >= 0.3 is 0 Å². The maximum atomic E-state index is 6.88. The second-order valence-corrected chi connectivity index (χ2v) is 8.84. The van der Waals surface area contributed by atoms with Crippen LogP contribution in [-0.2, 0) is 5.41 Å². The number of nitrogens with zero attached hydrogens (tertiary/aromatic N) is 2. The van der Waals surface area contributed by atoms with Crippen LogP contribution in [0.2, 0.25) is 0 Å². The summed E-state index contributed by atoms with van der Waals surface area (Å²) < 4.78 is 6.88. The van der Waals surface area contributed by atoms with E-state index < -0.39 is 5.72 Å². The van der Waals surface area contributed by atoms with Crippen LogP contribution >= 0.6 is 0 Å². The lowest BCUT2D eigenvalue weighted by molar-refractivity contribution is 0.0757. The van der Waals surface area contributed by atoms with Gasteiger partial charge in [0, 0.05) is 17.6 Å². The maximum Gasteiger partial charge on any atom is 0.228 e. The van der Waals surface area contributed by atoms with Crippen LogP contribution in [-0.4, -0.2) is 18.5 Å². The molecule has 0 fully saturated rings. The quantitative estimate of drug-likeness (QED) is 0.546. The minimum Gasteiger partial charge on any atom is -0.459 e. The summed E-state index contributed by atoms with van der Waals surface area (Å²) in [5.41, 5.74) is 2.63. The first-order valence-electron chi connectivity index (χ1n) is 10.1. The minimum absolute atomic E-state index is 0.231. The third-order valence-electron chi connectivity index (χ3n) is 6.21. The molecular formula is C25H26N2O. The van der Waals surface area contributed by atoms with Crippen molar-refractivity contribution in [2.45, 2.75) is 38.8 Å². The molecule has 0 saturated carbocycles. The third kappa shape index (κ3) is 2.19. The van der Waals surface area contributed by atoms with Crippen LogP contribution in [0.4, 0.5) is 11.4 Å². The molecule has 2 aliphatic heterocycles. The van der Waals surface area contributed by atoms with Gasteiger partial charge < -0.3 is 9.64 Å². The van der Waals surface area contributed by atoms with Crippen molar-refractivity contribution in [2.75, 3.05) is 11.4 Å². The van der Waals surface area contributed by atoms with E-state index in [0.29, 0.717) is 5.92 Å². The Morgan fingerprint density at radius 2 is 1.71 bits per heavy atom. The smallest absolute Gasteiger partial charge is 0.228 e.